The van der Waals surface area contributed by atoms with Crippen molar-refractivity contribution in [3.63, 3.8) is 0 Å². The summed E-state index contributed by atoms with van der Waals surface area (Å²) >= 11 is 7.16. The molecule has 0 aliphatic heterocycles. The predicted molar refractivity (Wildman–Crippen MR) is 74.6 cm³/mol. The van der Waals surface area contributed by atoms with Gasteiger partial charge in [0.15, 0.2) is 0 Å². The maximum absolute atomic E-state index is 12.2. The first kappa shape index (κ1) is 12.3. The van der Waals surface area contributed by atoms with Crippen LogP contribution < -0.4 is 5.56 Å². The van der Waals surface area contributed by atoms with E-state index in [0.29, 0.717) is 23.3 Å². The molecule has 7 heteroatoms. The van der Waals surface area contributed by atoms with Gasteiger partial charge in [0, 0.05) is 5.38 Å². The molecule has 19 heavy (non-hydrogen) atoms. The smallest absolute Gasteiger partial charge is 0.267 e. The second-order valence-corrected chi connectivity index (χ2v) is 5.15. The molecule has 0 aliphatic carbocycles. The van der Waals surface area contributed by atoms with E-state index in [9.17, 15) is 4.79 Å². The van der Waals surface area contributed by atoms with Crippen molar-refractivity contribution < 1.29 is 0 Å². The van der Waals surface area contributed by atoms with Crippen LogP contribution in [0.15, 0.2) is 34.4 Å². The number of fused-ring (bicyclic) bond motifs is 1. The van der Waals surface area contributed by atoms with Crippen LogP contribution in [0.25, 0.3) is 10.9 Å². The van der Waals surface area contributed by atoms with Crippen LogP contribution in [0, 0.1) is 0 Å². The quantitative estimate of drug-likeness (QED) is 0.693. The largest absolute Gasteiger partial charge is 0.277 e. The first-order valence-corrected chi connectivity index (χ1v) is 7.01. The normalized spacial score (nSPS) is 11.0. The van der Waals surface area contributed by atoms with Crippen LogP contribution in [0.5, 0.6) is 0 Å². The summed E-state index contributed by atoms with van der Waals surface area (Å²) in [5.41, 5.74) is 1.25. The lowest BCUT2D eigenvalue weighted by Crippen LogP contribution is -2.24. The first-order valence-electron chi connectivity index (χ1n) is 5.59. The van der Waals surface area contributed by atoms with Crippen LogP contribution in [0.3, 0.4) is 0 Å². The van der Waals surface area contributed by atoms with E-state index in [2.05, 4.69) is 15.3 Å². The van der Waals surface area contributed by atoms with Crippen LogP contribution in [-0.2, 0) is 12.4 Å². The summed E-state index contributed by atoms with van der Waals surface area (Å²) in [7, 11) is 0. The fourth-order valence-electron chi connectivity index (χ4n) is 1.74. The average molecular weight is 293 g/mol. The van der Waals surface area contributed by atoms with Crippen molar-refractivity contribution >= 4 is 33.8 Å². The van der Waals surface area contributed by atoms with Gasteiger partial charge in [0.2, 0.25) is 0 Å². The van der Waals surface area contributed by atoms with Gasteiger partial charge in [0.25, 0.3) is 5.56 Å². The fourth-order valence-corrected chi connectivity index (χ4v) is 2.74. The summed E-state index contributed by atoms with van der Waals surface area (Å²) in [5, 5.41) is 11.2. The monoisotopic (exact) mass is 292 g/mol. The number of alkyl halides is 1. The van der Waals surface area contributed by atoms with Crippen LogP contribution in [0.4, 0.5) is 0 Å². The highest BCUT2D eigenvalue weighted by Gasteiger charge is 2.08. The molecule has 0 fully saturated rings. The zero-order valence-electron chi connectivity index (χ0n) is 9.78. The number of nitrogens with zero attached hydrogens (tertiary/aromatic N) is 4. The third kappa shape index (κ3) is 2.36. The van der Waals surface area contributed by atoms with Gasteiger partial charge in [-0.05, 0) is 12.1 Å². The summed E-state index contributed by atoms with van der Waals surface area (Å²) in [6, 6.07) is 7.15. The number of hydrogen-bond donors (Lipinski definition) is 0. The second kappa shape index (κ2) is 5.07. The standard InChI is InChI=1S/C12H9ClN4OS/c13-5-8-7-19-11(14-8)6-17-12(18)9-3-1-2-4-10(9)15-16-17/h1-4,7H,5-6H2. The van der Waals surface area contributed by atoms with Gasteiger partial charge in [-0.1, -0.05) is 17.3 Å². The van der Waals surface area contributed by atoms with Gasteiger partial charge in [-0.2, -0.15) is 0 Å². The van der Waals surface area contributed by atoms with Gasteiger partial charge in [-0.25, -0.2) is 9.67 Å². The van der Waals surface area contributed by atoms with E-state index in [1.807, 2.05) is 17.5 Å². The summed E-state index contributed by atoms with van der Waals surface area (Å²) in [4.78, 5) is 16.5. The molecule has 0 saturated heterocycles. The topological polar surface area (TPSA) is 60.7 Å². The Labute approximate surface area is 117 Å². The lowest BCUT2D eigenvalue weighted by atomic mass is 10.2. The number of aromatic nitrogens is 4. The molecular formula is C12H9ClN4OS. The minimum Gasteiger partial charge on any atom is -0.267 e. The summed E-state index contributed by atoms with van der Waals surface area (Å²) in [6.07, 6.45) is 0. The van der Waals surface area contributed by atoms with Crippen LogP contribution in [0.1, 0.15) is 10.7 Å². The SMILES string of the molecule is O=c1c2ccccc2nnn1Cc1nc(CCl)cs1. The minimum absolute atomic E-state index is 0.159. The predicted octanol–water partition coefficient (Wildman–Crippen LogP) is 2.04. The van der Waals surface area contributed by atoms with Crippen molar-refractivity contribution in [3.8, 4) is 0 Å². The highest BCUT2D eigenvalue weighted by molar-refractivity contribution is 7.09. The van der Waals surface area contributed by atoms with Crippen LogP contribution in [-0.4, -0.2) is 20.0 Å². The Bertz CT molecular complexity index is 782. The molecule has 3 rings (SSSR count). The van der Waals surface area contributed by atoms with Crippen molar-refractivity contribution in [3.05, 3.63) is 50.7 Å². The molecule has 5 nitrogen and oxygen atoms in total. The molecule has 2 aromatic heterocycles. The Morgan fingerprint density at radius 1 is 1.32 bits per heavy atom. The van der Waals surface area contributed by atoms with E-state index in [1.54, 1.807) is 12.1 Å². The highest BCUT2D eigenvalue weighted by atomic mass is 35.5. The molecule has 2 heterocycles. The molecule has 0 amide bonds. The van der Waals surface area contributed by atoms with Crippen molar-refractivity contribution in [1.29, 1.82) is 0 Å². The number of hydrogen-bond acceptors (Lipinski definition) is 5. The lowest BCUT2D eigenvalue weighted by molar-refractivity contribution is 0.598. The first-order chi connectivity index (χ1) is 9.28. The molecule has 0 aliphatic rings. The molecule has 96 valence electrons. The van der Waals surface area contributed by atoms with E-state index in [4.69, 9.17) is 11.6 Å². The van der Waals surface area contributed by atoms with E-state index >= 15 is 0 Å². The maximum Gasteiger partial charge on any atom is 0.277 e. The van der Waals surface area contributed by atoms with E-state index < -0.39 is 0 Å². The van der Waals surface area contributed by atoms with Crippen molar-refractivity contribution in [2.75, 3.05) is 0 Å². The molecule has 0 bridgehead atoms. The molecule has 0 unspecified atom stereocenters. The number of thiazole rings is 1. The summed E-state index contributed by atoms with van der Waals surface area (Å²) < 4.78 is 1.32. The van der Waals surface area contributed by atoms with Gasteiger partial charge >= 0.3 is 0 Å². The number of benzene rings is 1. The average Bonchev–Trinajstić information content (AvgIpc) is 2.90. The van der Waals surface area contributed by atoms with Gasteiger partial charge in [-0.3, -0.25) is 4.79 Å². The zero-order chi connectivity index (χ0) is 13.2. The molecule has 0 spiro atoms. The molecule has 0 N–H and O–H groups in total. The van der Waals surface area contributed by atoms with Gasteiger partial charge in [-0.15, -0.1) is 28.0 Å². The third-order valence-corrected chi connectivity index (χ3v) is 3.81. The van der Waals surface area contributed by atoms with Crippen molar-refractivity contribution in [2.24, 2.45) is 0 Å². The lowest BCUT2D eigenvalue weighted by Gasteiger charge is -2.02. The van der Waals surface area contributed by atoms with Gasteiger partial charge in [0.1, 0.15) is 10.5 Å². The molecule has 1 aromatic carbocycles. The Morgan fingerprint density at radius 3 is 2.95 bits per heavy atom. The molecule has 0 saturated carbocycles. The van der Waals surface area contributed by atoms with E-state index in [0.717, 1.165) is 10.7 Å². The van der Waals surface area contributed by atoms with Crippen LogP contribution in [0.2, 0.25) is 0 Å². The number of halogens is 1. The second-order valence-electron chi connectivity index (χ2n) is 3.94. The van der Waals surface area contributed by atoms with E-state index in [1.165, 1.54) is 16.0 Å². The maximum atomic E-state index is 12.2. The Balaban J connectivity index is 2.01. The fraction of sp³-hybridized carbons (Fsp3) is 0.167. The summed E-state index contributed by atoms with van der Waals surface area (Å²) in [6.45, 7) is 0.318. The minimum atomic E-state index is -0.159. The zero-order valence-corrected chi connectivity index (χ0v) is 11.4. The number of rotatable bonds is 3. The molecule has 0 atom stereocenters. The van der Waals surface area contributed by atoms with Crippen LogP contribution >= 0.6 is 22.9 Å². The van der Waals surface area contributed by atoms with Crippen molar-refractivity contribution in [2.45, 2.75) is 12.4 Å². The summed E-state index contributed by atoms with van der Waals surface area (Å²) in [5.74, 6) is 0.370. The highest BCUT2D eigenvalue weighted by Crippen LogP contribution is 2.12. The molecule has 0 radical (unpaired) electrons. The van der Waals surface area contributed by atoms with Crippen molar-refractivity contribution in [1.82, 2.24) is 20.0 Å². The third-order valence-electron chi connectivity index (χ3n) is 2.65. The molecule has 3 aromatic rings. The Morgan fingerprint density at radius 2 is 2.16 bits per heavy atom. The Kier molecular flexibility index (Phi) is 3.27. The van der Waals surface area contributed by atoms with Gasteiger partial charge < -0.3 is 0 Å². The van der Waals surface area contributed by atoms with E-state index in [-0.39, 0.29) is 5.56 Å². The molecular weight excluding hydrogens is 284 g/mol. The van der Waals surface area contributed by atoms with Gasteiger partial charge in [0.05, 0.1) is 23.5 Å². The Hall–Kier alpha value is -1.79.